The number of aliphatic hydroxyl groups is 1. The van der Waals surface area contributed by atoms with Gasteiger partial charge in [0.05, 0.1) is 5.56 Å². The molecule has 0 atom stereocenters. The maximum Gasteiger partial charge on any atom is 0.257 e. The van der Waals surface area contributed by atoms with Crippen molar-refractivity contribution < 1.29 is 5.11 Å². The number of fused-ring (bicyclic) bond motifs is 1. The van der Waals surface area contributed by atoms with E-state index >= 15 is 0 Å². The van der Waals surface area contributed by atoms with Crippen LogP contribution in [0.5, 0.6) is 0 Å². The molecule has 0 aliphatic rings. The smallest absolute Gasteiger partial charge is 0.257 e. The lowest BCUT2D eigenvalue weighted by Crippen LogP contribution is -2.14. The van der Waals surface area contributed by atoms with Gasteiger partial charge in [-0.3, -0.25) is 4.79 Å². The van der Waals surface area contributed by atoms with E-state index in [2.05, 4.69) is 16.8 Å². The van der Waals surface area contributed by atoms with Crippen molar-refractivity contribution in [2.75, 3.05) is 0 Å². The van der Waals surface area contributed by atoms with Crippen LogP contribution in [0.2, 0.25) is 0 Å². The predicted molar refractivity (Wildman–Crippen MR) is 116 cm³/mol. The SMILES string of the molecule is CC(C)(O)C#Cc1cccc(-c2c(-c3cccs3)c(=O)[nH]c3ccccc23)c1. The lowest BCUT2D eigenvalue weighted by Gasteiger charge is -2.12. The number of nitrogens with one attached hydrogen (secondary N) is 1. The molecule has 2 N–H and O–H groups in total. The van der Waals surface area contributed by atoms with Crippen LogP contribution in [0.25, 0.3) is 32.5 Å². The van der Waals surface area contributed by atoms with E-state index < -0.39 is 5.60 Å². The Morgan fingerprint density at radius 3 is 2.57 bits per heavy atom. The zero-order chi connectivity index (χ0) is 19.7. The highest BCUT2D eigenvalue weighted by Gasteiger charge is 2.17. The van der Waals surface area contributed by atoms with Gasteiger partial charge in [-0.2, -0.15) is 0 Å². The summed E-state index contributed by atoms with van der Waals surface area (Å²) >= 11 is 1.54. The van der Waals surface area contributed by atoms with E-state index in [0.717, 1.165) is 32.5 Å². The van der Waals surface area contributed by atoms with E-state index in [1.165, 1.54) is 0 Å². The molecule has 0 aliphatic carbocycles. The molecule has 2 heterocycles. The predicted octanol–water partition coefficient (Wildman–Crippen LogP) is 5.05. The van der Waals surface area contributed by atoms with Crippen molar-refractivity contribution in [3.8, 4) is 33.4 Å². The number of benzene rings is 2. The minimum absolute atomic E-state index is 0.107. The van der Waals surface area contributed by atoms with E-state index in [1.54, 1.807) is 25.2 Å². The molecule has 4 heteroatoms. The monoisotopic (exact) mass is 385 g/mol. The Balaban J connectivity index is 2.02. The fourth-order valence-corrected chi connectivity index (χ4v) is 3.95. The molecule has 3 nitrogen and oxygen atoms in total. The highest BCUT2D eigenvalue weighted by Crippen LogP contribution is 2.36. The zero-order valence-electron chi connectivity index (χ0n) is 15.6. The molecule has 0 unspecified atom stereocenters. The summed E-state index contributed by atoms with van der Waals surface area (Å²) < 4.78 is 0. The minimum Gasteiger partial charge on any atom is -0.378 e. The van der Waals surface area contributed by atoms with Gasteiger partial charge in [-0.25, -0.2) is 0 Å². The summed E-state index contributed by atoms with van der Waals surface area (Å²) in [6, 6.07) is 19.5. The van der Waals surface area contributed by atoms with Gasteiger partial charge in [0.1, 0.15) is 5.60 Å². The third-order valence-electron chi connectivity index (χ3n) is 4.35. The van der Waals surface area contributed by atoms with Crippen LogP contribution in [-0.4, -0.2) is 15.7 Å². The molecular formula is C24H19NO2S. The Morgan fingerprint density at radius 2 is 1.82 bits per heavy atom. The second-order valence-electron chi connectivity index (χ2n) is 7.12. The van der Waals surface area contributed by atoms with Crippen LogP contribution in [0.1, 0.15) is 19.4 Å². The molecule has 0 fully saturated rings. The van der Waals surface area contributed by atoms with Gasteiger partial charge in [0.25, 0.3) is 5.56 Å². The van der Waals surface area contributed by atoms with Crippen molar-refractivity contribution in [1.29, 1.82) is 0 Å². The van der Waals surface area contributed by atoms with Crippen molar-refractivity contribution in [3.63, 3.8) is 0 Å². The molecule has 0 aliphatic heterocycles. The Labute approximate surface area is 167 Å². The van der Waals surface area contributed by atoms with Crippen LogP contribution in [0.15, 0.2) is 70.8 Å². The first kappa shape index (κ1) is 18.2. The Morgan fingerprint density at radius 1 is 1.00 bits per heavy atom. The van der Waals surface area contributed by atoms with Crippen molar-refractivity contribution in [1.82, 2.24) is 4.98 Å². The van der Waals surface area contributed by atoms with Gasteiger partial charge in [-0.1, -0.05) is 48.2 Å². The van der Waals surface area contributed by atoms with E-state index in [1.807, 2.05) is 66.0 Å². The number of para-hydroxylation sites is 1. The number of thiophene rings is 1. The summed E-state index contributed by atoms with van der Waals surface area (Å²) in [6.45, 7) is 3.31. The van der Waals surface area contributed by atoms with Crippen molar-refractivity contribution in [3.05, 3.63) is 82.0 Å². The number of hydrogen-bond acceptors (Lipinski definition) is 3. The van der Waals surface area contributed by atoms with Crippen LogP contribution in [0, 0.1) is 11.8 Å². The minimum atomic E-state index is -1.06. The molecule has 138 valence electrons. The van der Waals surface area contributed by atoms with Crippen molar-refractivity contribution >= 4 is 22.2 Å². The quantitative estimate of drug-likeness (QED) is 0.475. The molecule has 0 saturated carbocycles. The maximum absolute atomic E-state index is 13.0. The second kappa shape index (κ2) is 7.12. The van der Waals surface area contributed by atoms with Crippen molar-refractivity contribution in [2.45, 2.75) is 19.4 Å². The number of aromatic amines is 1. The molecule has 0 amide bonds. The van der Waals surface area contributed by atoms with Crippen molar-refractivity contribution in [2.24, 2.45) is 0 Å². The standard InChI is InChI=1S/C24H19NO2S/c1-24(2,27)13-12-16-7-5-8-17(15-16)21-18-9-3-4-10-19(18)25-23(26)22(21)20-11-6-14-28-20/h3-11,14-15,27H,1-2H3,(H,25,26). The first-order chi connectivity index (χ1) is 13.4. The Hall–Kier alpha value is -3.13. The lowest BCUT2D eigenvalue weighted by atomic mass is 9.94. The molecule has 28 heavy (non-hydrogen) atoms. The average molecular weight is 385 g/mol. The molecule has 0 spiro atoms. The van der Waals surface area contributed by atoms with E-state index in [0.29, 0.717) is 5.56 Å². The summed E-state index contributed by atoms with van der Waals surface area (Å²) in [5.41, 5.74) is 2.92. The van der Waals surface area contributed by atoms with Gasteiger partial charge in [-0.05, 0) is 49.1 Å². The molecule has 4 rings (SSSR count). The first-order valence-electron chi connectivity index (χ1n) is 8.97. The summed E-state index contributed by atoms with van der Waals surface area (Å²) in [4.78, 5) is 16.9. The number of aromatic nitrogens is 1. The van der Waals surface area contributed by atoms with Crippen LogP contribution in [0.4, 0.5) is 0 Å². The van der Waals surface area contributed by atoms with Gasteiger partial charge in [0.15, 0.2) is 0 Å². The maximum atomic E-state index is 13.0. The zero-order valence-corrected chi connectivity index (χ0v) is 16.4. The van der Waals surface area contributed by atoms with E-state index in [9.17, 15) is 9.90 Å². The lowest BCUT2D eigenvalue weighted by molar-refractivity contribution is 0.143. The van der Waals surface area contributed by atoms with Gasteiger partial charge in [0, 0.05) is 26.9 Å². The van der Waals surface area contributed by atoms with E-state index in [4.69, 9.17) is 0 Å². The van der Waals surface area contributed by atoms with Gasteiger partial charge in [-0.15, -0.1) is 11.3 Å². The number of rotatable bonds is 2. The highest BCUT2D eigenvalue weighted by atomic mass is 32.1. The highest BCUT2D eigenvalue weighted by molar-refractivity contribution is 7.13. The van der Waals surface area contributed by atoms with Gasteiger partial charge >= 0.3 is 0 Å². The molecule has 2 aromatic heterocycles. The number of pyridine rings is 1. The molecule has 4 aromatic rings. The second-order valence-corrected chi connectivity index (χ2v) is 8.06. The molecule has 2 aromatic carbocycles. The van der Waals surface area contributed by atoms with Crippen LogP contribution < -0.4 is 5.56 Å². The fourth-order valence-electron chi connectivity index (χ4n) is 3.18. The number of H-pyrrole nitrogens is 1. The van der Waals surface area contributed by atoms with Crippen LogP contribution in [-0.2, 0) is 0 Å². The van der Waals surface area contributed by atoms with E-state index in [-0.39, 0.29) is 5.56 Å². The Kier molecular flexibility index (Phi) is 4.64. The average Bonchev–Trinajstić information content (AvgIpc) is 3.19. The molecule has 0 saturated heterocycles. The normalized spacial score (nSPS) is 11.2. The third kappa shape index (κ3) is 3.63. The van der Waals surface area contributed by atoms with Crippen LogP contribution in [0.3, 0.4) is 0 Å². The van der Waals surface area contributed by atoms with Gasteiger partial charge in [0.2, 0.25) is 0 Å². The number of hydrogen-bond donors (Lipinski definition) is 2. The summed E-state index contributed by atoms with van der Waals surface area (Å²) in [7, 11) is 0. The summed E-state index contributed by atoms with van der Waals surface area (Å²) in [5.74, 6) is 5.88. The first-order valence-corrected chi connectivity index (χ1v) is 9.85. The molecular weight excluding hydrogens is 366 g/mol. The Bertz CT molecular complexity index is 1270. The van der Waals surface area contributed by atoms with Crippen LogP contribution >= 0.6 is 11.3 Å². The third-order valence-corrected chi connectivity index (χ3v) is 5.24. The summed E-state index contributed by atoms with van der Waals surface area (Å²) in [6.07, 6.45) is 0. The largest absolute Gasteiger partial charge is 0.378 e. The molecule has 0 radical (unpaired) electrons. The fraction of sp³-hybridized carbons (Fsp3) is 0.125. The summed E-state index contributed by atoms with van der Waals surface area (Å²) in [5, 5.41) is 12.9. The van der Waals surface area contributed by atoms with Gasteiger partial charge < -0.3 is 10.1 Å². The topological polar surface area (TPSA) is 53.1 Å². The molecule has 0 bridgehead atoms.